The van der Waals surface area contributed by atoms with E-state index in [9.17, 15) is 0 Å². The Morgan fingerprint density at radius 3 is 2.72 bits per heavy atom. The molecule has 3 rings (SSSR count). The Balaban J connectivity index is 1.56. The number of rotatable bonds is 4. The summed E-state index contributed by atoms with van der Waals surface area (Å²) in [6.07, 6.45) is 6.58. The largest absolute Gasteiger partial charge is 0.310 e. The topological polar surface area (TPSA) is 24.1 Å². The molecule has 1 saturated carbocycles. The van der Waals surface area contributed by atoms with Gasteiger partial charge in [0.2, 0.25) is 0 Å². The Morgan fingerprint density at radius 2 is 2.06 bits per heavy atom. The first-order chi connectivity index (χ1) is 8.81. The number of hydrogen-bond acceptors (Lipinski definition) is 2. The molecule has 0 spiro atoms. The maximum atomic E-state index is 3.82. The zero-order valence-electron chi connectivity index (χ0n) is 11.3. The molecule has 1 aliphatic carbocycles. The molecule has 2 N–H and O–H groups in total. The van der Waals surface area contributed by atoms with Crippen LogP contribution in [0.5, 0.6) is 0 Å². The first-order valence-electron chi connectivity index (χ1n) is 7.36. The van der Waals surface area contributed by atoms with Crippen LogP contribution in [0.15, 0.2) is 24.3 Å². The van der Waals surface area contributed by atoms with Gasteiger partial charge in [-0.25, -0.2) is 0 Å². The van der Waals surface area contributed by atoms with Crippen molar-refractivity contribution >= 4 is 0 Å². The van der Waals surface area contributed by atoms with Gasteiger partial charge in [0, 0.05) is 24.7 Å². The van der Waals surface area contributed by atoms with Crippen LogP contribution in [0.25, 0.3) is 0 Å². The van der Waals surface area contributed by atoms with Crippen LogP contribution in [0.2, 0.25) is 0 Å². The van der Waals surface area contributed by atoms with Crippen LogP contribution in [-0.4, -0.2) is 18.1 Å². The zero-order valence-corrected chi connectivity index (χ0v) is 11.3. The summed E-state index contributed by atoms with van der Waals surface area (Å²) in [4.78, 5) is 0. The second-order valence-electron chi connectivity index (χ2n) is 5.92. The summed E-state index contributed by atoms with van der Waals surface area (Å²) in [5.74, 6) is 0. The van der Waals surface area contributed by atoms with E-state index >= 15 is 0 Å². The minimum absolute atomic E-state index is 0.471. The Bertz CT molecular complexity index is 404. The molecule has 0 aromatic heterocycles. The van der Waals surface area contributed by atoms with Gasteiger partial charge in [-0.05, 0) is 43.2 Å². The highest BCUT2D eigenvalue weighted by atomic mass is 15.0. The molecular weight excluding hydrogens is 220 g/mol. The number of nitrogens with one attached hydrogen (secondary N) is 2. The molecule has 2 nitrogen and oxygen atoms in total. The minimum Gasteiger partial charge on any atom is -0.310 e. The van der Waals surface area contributed by atoms with E-state index in [0.717, 1.165) is 13.1 Å². The zero-order chi connectivity index (χ0) is 12.4. The average molecular weight is 244 g/mol. The minimum atomic E-state index is 0.471. The molecule has 2 heteroatoms. The summed E-state index contributed by atoms with van der Waals surface area (Å²) in [7, 11) is 0. The van der Waals surface area contributed by atoms with Crippen LogP contribution in [-0.2, 0) is 13.0 Å². The van der Waals surface area contributed by atoms with Crippen LogP contribution < -0.4 is 10.6 Å². The van der Waals surface area contributed by atoms with Gasteiger partial charge in [-0.15, -0.1) is 0 Å². The van der Waals surface area contributed by atoms with E-state index in [1.807, 2.05) is 0 Å². The smallest absolute Gasteiger partial charge is 0.0236 e. The van der Waals surface area contributed by atoms with Crippen molar-refractivity contribution in [2.75, 3.05) is 6.54 Å². The van der Waals surface area contributed by atoms with Crippen LogP contribution in [0.4, 0.5) is 0 Å². The lowest BCUT2D eigenvalue weighted by atomic mass is 9.74. The van der Waals surface area contributed by atoms with Crippen LogP contribution in [0.3, 0.4) is 0 Å². The fraction of sp³-hybridized carbons (Fsp3) is 0.625. The average Bonchev–Trinajstić information content (AvgIpc) is 2.38. The Hall–Kier alpha value is -0.860. The molecule has 0 amide bonds. The molecule has 0 saturated heterocycles. The SMILES string of the molecule is CCC1(NCC2Cc3ccccc3CN2)CCC1. The maximum absolute atomic E-state index is 3.82. The highest BCUT2D eigenvalue weighted by Crippen LogP contribution is 2.34. The molecule has 1 fully saturated rings. The van der Waals surface area contributed by atoms with E-state index in [-0.39, 0.29) is 0 Å². The van der Waals surface area contributed by atoms with Gasteiger partial charge >= 0.3 is 0 Å². The molecular formula is C16H24N2. The quantitative estimate of drug-likeness (QED) is 0.851. The van der Waals surface area contributed by atoms with Crippen molar-refractivity contribution in [1.29, 1.82) is 0 Å². The monoisotopic (exact) mass is 244 g/mol. The normalized spacial score (nSPS) is 25.3. The van der Waals surface area contributed by atoms with Gasteiger partial charge < -0.3 is 10.6 Å². The summed E-state index contributed by atoms with van der Waals surface area (Å²) in [5, 5.41) is 7.48. The van der Waals surface area contributed by atoms with Crippen molar-refractivity contribution in [3.05, 3.63) is 35.4 Å². The third kappa shape index (κ3) is 2.32. The van der Waals surface area contributed by atoms with Crippen molar-refractivity contribution < 1.29 is 0 Å². The van der Waals surface area contributed by atoms with E-state index in [1.54, 1.807) is 0 Å². The summed E-state index contributed by atoms with van der Waals surface area (Å²) in [5.41, 5.74) is 3.48. The molecule has 0 bridgehead atoms. The molecule has 1 aromatic rings. The predicted octanol–water partition coefficient (Wildman–Crippen LogP) is 2.62. The lowest BCUT2D eigenvalue weighted by molar-refractivity contribution is 0.170. The molecule has 1 aliphatic heterocycles. The molecule has 1 unspecified atom stereocenters. The highest BCUT2D eigenvalue weighted by Gasteiger charge is 2.35. The lowest BCUT2D eigenvalue weighted by Gasteiger charge is -2.43. The van der Waals surface area contributed by atoms with Crippen molar-refractivity contribution in [2.24, 2.45) is 0 Å². The fourth-order valence-electron chi connectivity index (χ4n) is 3.26. The molecule has 0 radical (unpaired) electrons. The Labute approximate surface area is 110 Å². The predicted molar refractivity (Wildman–Crippen MR) is 75.6 cm³/mol. The van der Waals surface area contributed by atoms with Gasteiger partial charge in [-0.3, -0.25) is 0 Å². The van der Waals surface area contributed by atoms with Gasteiger partial charge in [0.25, 0.3) is 0 Å². The lowest BCUT2D eigenvalue weighted by Crippen LogP contribution is -2.55. The first-order valence-corrected chi connectivity index (χ1v) is 7.36. The summed E-state index contributed by atoms with van der Waals surface area (Å²) < 4.78 is 0. The Kier molecular flexibility index (Phi) is 3.40. The second-order valence-corrected chi connectivity index (χ2v) is 5.92. The van der Waals surface area contributed by atoms with Gasteiger partial charge in [0.15, 0.2) is 0 Å². The highest BCUT2D eigenvalue weighted by molar-refractivity contribution is 5.30. The van der Waals surface area contributed by atoms with E-state index in [0.29, 0.717) is 11.6 Å². The van der Waals surface area contributed by atoms with Gasteiger partial charge in [-0.1, -0.05) is 31.2 Å². The van der Waals surface area contributed by atoms with Gasteiger partial charge in [-0.2, -0.15) is 0 Å². The van der Waals surface area contributed by atoms with Crippen molar-refractivity contribution in [1.82, 2.24) is 10.6 Å². The van der Waals surface area contributed by atoms with Crippen molar-refractivity contribution in [3.8, 4) is 0 Å². The van der Waals surface area contributed by atoms with Gasteiger partial charge in [0.05, 0.1) is 0 Å². The molecule has 18 heavy (non-hydrogen) atoms. The number of hydrogen-bond donors (Lipinski definition) is 2. The first kappa shape index (κ1) is 12.2. The van der Waals surface area contributed by atoms with Crippen molar-refractivity contribution in [3.63, 3.8) is 0 Å². The van der Waals surface area contributed by atoms with Crippen LogP contribution in [0.1, 0.15) is 43.7 Å². The summed E-state index contributed by atoms with van der Waals surface area (Å²) in [6.45, 7) is 4.46. The summed E-state index contributed by atoms with van der Waals surface area (Å²) >= 11 is 0. The van der Waals surface area contributed by atoms with Crippen LogP contribution in [0, 0.1) is 0 Å². The molecule has 1 heterocycles. The Morgan fingerprint density at radius 1 is 1.28 bits per heavy atom. The van der Waals surface area contributed by atoms with E-state index < -0.39 is 0 Å². The van der Waals surface area contributed by atoms with E-state index in [4.69, 9.17) is 0 Å². The third-order valence-corrected chi connectivity index (χ3v) is 4.88. The third-order valence-electron chi connectivity index (χ3n) is 4.88. The van der Waals surface area contributed by atoms with E-state index in [2.05, 4.69) is 41.8 Å². The van der Waals surface area contributed by atoms with Crippen LogP contribution >= 0.6 is 0 Å². The van der Waals surface area contributed by atoms with Crippen molar-refractivity contribution in [2.45, 2.75) is 57.2 Å². The van der Waals surface area contributed by atoms with Gasteiger partial charge in [0.1, 0.15) is 0 Å². The standard InChI is InChI=1S/C16H24N2/c1-2-16(8-5-9-16)18-12-15-10-13-6-3-4-7-14(13)11-17-15/h3-4,6-7,15,17-18H,2,5,8-12H2,1H3. The number of benzene rings is 1. The second kappa shape index (κ2) is 5.02. The fourth-order valence-corrected chi connectivity index (χ4v) is 3.26. The summed E-state index contributed by atoms with van der Waals surface area (Å²) in [6, 6.07) is 9.42. The van der Waals surface area contributed by atoms with E-state index in [1.165, 1.54) is 43.2 Å². The molecule has 98 valence electrons. The molecule has 1 aromatic carbocycles. The maximum Gasteiger partial charge on any atom is 0.0236 e. The molecule has 1 atom stereocenters. The molecule has 2 aliphatic rings. The number of fused-ring (bicyclic) bond motifs is 1.